The summed E-state index contributed by atoms with van der Waals surface area (Å²) in [6, 6.07) is 0. The third-order valence-corrected chi connectivity index (χ3v) is 5.23. The first-order valence-electron chi connectivity index (χ1n) is 8.76. The third kappa shape index (κ3) is 5.21. The number of hydrogen-bond acceptors (Lipinski definition) is 6. The highest BCUT2D eigenvalue weighted by Crippen LogP contribution is 2.38. The van der Waals surface area contributed by atoms with Crippen LogP contribution in [-0.4, -0.2) is 33.8 Å². The van der Waals surface area contributed by atoms with Crippen LogP contribution in [0.1, 0.15) is 60.8 Å². The van der Waals surface area contributed by atoms with Gasteiger partial charge < -0.3 is 4.74 Å². The molecule has 0 saturated heterocycles. The van der Waals surface area contributed by atoms with Crippen LogP contribution in [0.5, 0.6) is 0 Å². The molecule has 0 amide bonds. The van der Waals surface area contributed by atoms with Gasteiger partial charge in [0.1, 0.15) is 15.7 Å². The summed E-state index contributed by atoms with van der Waals surface area (Å²) >= 11 is 1.52. The number of hydrazone groups is 1. The highest BCUT2D eigenvalue weighted by atomic mass is 32.2. The van der Waals surface area contributed by atoms with Crippen LogP contribution in [0, 0.1) is 5.41 Å². The number of carbonyl (C=O) groups is 2. The Morgan fingerprint density at radius 3 is 2.68 bits per heavy atom. The SMILES string of the molecule is CCCCN1N=C(C(C)(C)C)S/C1=C\C(=O)C1=CC(=O)CC(C)(C)O1. The molecule has 6 heteroatoms. The minimum absolute atomic E-state index is 0.0771. The van der Waals surface area contributed by atoms with Gasteiger partial charge in [-0.3, -0.25) is 14.6 Å². The fraction of sp³-hybridized carbons (Fsp3) is 0.632. The molecule has 0 aromatic carbocycles. The van der Waals surface area contributed by atoms with Gasteiger partial charge in [0.15, 0.2) is 11.5 Å². The number of ether oxygens (including phenoxy) is 1. The monoisotopic (exact) mass is 364 g/mol. The molecule has 5 nitrogen and oxygen atoms in total. The summed E-state index contributed by atoms with van der Waals surface area (Å²) in [6.45, 7) is 12.8. The van der Waals surface area contributed by atoms with Gasteiger partial charge >= 0.3 is 0 Å². The maximum absolute atomic E-state index is 12.7. The molecule has 0 radical (unpaired) electrons. The second-order valence-corrected chi connectivity index (χ2v) is 9.10. The zero-order valence-corrected chi connectivity index (χ0v) is 16.8. The van der Waals surface area contributed by atoms with E-state index in [2.05, 4.69) is 32.8 Å². The quantitative estimate of drug-likeness (QED) is 0.682. The van der Waals surface area contributed by atoms with E-state index in [1.165, 1.54) is 17.8 Å². The molecule has 0 N–H and O–H groups in total. The predicted molar refractivity (Wildman–Crippen MR) is 102 cm³/mol. The van der Waals surface area contributed by atoms with E-state index in [9.17, 15) is 9.59 Å². The normalized spacial score (nSPS) is 21.9. The van der Waals surface area contributed by atoms with E-state index in [1.54, 1.807) is 6.08 Å². The average Bonchev–Trinajstić information content (AvgIpc) is 2.86. The van der Waals surface area contributed by atoms with Crippen LogP contribution in [0.2, 0.25) is 0 Å². The van der Waals surface area contributed by atoms with Crippen LogP contribution in [0.4, 0.5) is 0 Å². The Morgan fingerprint density at radius 1 is 1.44 bits per heavy atom. The first-order valence-corrected chi connectivity index (χ1v) is 9.57. The zero-order chi connectivity index (χ0) is 18.8. The van der Waals surface area contributed by atoms with Gasteiger partial charge in [-0.05, 0) is 20.3 Å². The summed E-state index contributed by atoms with van der Waals surface area (Å²) in [6.07, 6.45) is 5.20. The van der Waals surface area contributed by atoms with Crippen molar-refractivity contribution < 1.29 is 14.3 Å². The lowest BCUT2D eigenvalue weighted by molar-refractivity contribution is -0.127. The van der Waals surface area contributed by atoms with E-state index in [0.29, 0.717) is 0 Å². The molecule has 0 saturated carbocycles. The number of hydrogen-bond donors (Lipinski definition) is 0. The summed E-state index contributed by atoms with van der Waals surface area (Å²) < 4.78 is 5.71. The molecule has 2 aliphatic rings. The molecule has 0 bridgehead atoms. The van der Waals surface area contributed by atoms with Crippen LogP contribution >= 0.6 is 11.8 Å². The zero-order valence-electron chi connectivity index (χ0n) is 16.0. The molecule has 0 spiro atoms. The molecule has 0 aromatic heterocycles. The number of unbranched alkanes of at least 4 members (excludes halogenated alkanes) is 1. The average molecular weight is 365 g/mol. The van der Waals surface area contributed by atoms with E-state index in [4.69, 9.17) is 4.74 Å². The maximum atomic E-state index is 12.7. The summed E-state index contributed by atoms with van der Waals surface area (Å²) in [5, 5.41) is 8.36. The molecular formula is C19H28N2O3S. The Balaban J connectivity index is 2.23. The maximum Gasteiger partial charge on any atom is 0.223 e. The van der Waals surface area contributed by atoms with Crippen molar-refractivity contribution >= 4 is 28.4 Å². The summed E-state index contributed by atoms with van der Waals surface area (Å²) in [5.41, 5.74) is -0.723. The van der Waals surface area contributed by atoms with E-state index in [0.717, 1.165) is 29.5 Å². The minimum Gasteiger partial charge on any atom is -0.483 e. The van der Waals surface area contributed by atoms with Gasteiger partial charge in [0.25, 0.3) is 0 Å². The highest BCUT2D eigenvalue weighted by Gasteiger charge is 2.33. The first kappa shape index (κ1) is 19.8. The number of ketones is 2. The Bertz CT molecular complexity index is 654. The Labute approximate surface area is 154 Å². The number of allylic oxidation sites excluding steroid dienone is 2. The molecular weight excluding hydrogens is 336 g/mol. The van der Waals surface area contributed by atoms with Crippen molar-refractivity contribution in [2.45, 2.75) is 66.4 Å². The Morgan fingerprint density at radius 2 is 2.12 bits per heavy atom. The molecule has 2 aliphatic heterocycles. The van der Waals surface area contributed by atoms with E-state index < -0.39 is 5.60 Å². The van der Waals surface area contributed by atoms with Crippen molar-refractivity contribution in [2.75, 3.05) is 6.54 Å². The number of carbonyl (C=O) groups excluding carboxylic acids is 2. The van der Waals surface area contributed by atoms with Crippen LogP contribution in [-0.2, 0) is 14.3 Å². The van der Waals surface area contributed by atoms with Crippen molar-refractivity contribution in [1.82, 2.24) is 5.01 Å². The Kier molecular flexibility index (Phi) is 5.82. The van der Waals surface area contributed by atoms with Crippen molar-refractivity contribution in [1.29, 1.82) is 0 Å². The van der Waals surface area contributed by atoms with Crippen molar-refractivity contribution in [3.05, 3.63) is 22.9 Å². The number of rotatable bonds is 5. The summed E-state index contributed by atoms with van der Waals surface area (Å²) in [4.78, 5) is 24.5. The van der Waals surface area contributed by atoms with Gasteiger partial charge in [-0.25, -0.2) is 0 Å². The van der Waals surface area contributed by atoms with Crippen LogP contribution in [0.3, 0.4) is 0 Å². The van der Waals surface area contributed by atoms with Gasteiger partial charge in [-0.1, -0.05) is 45.9 Å². The standard InChI is InChI=1S/C19H28N2O3S/c1-7-8-9-21-16(25-17(20-21)18(2,3)4)11-14(23)15-10-13(22)12-19(5,6)24-15/h10-11H,7-9,12H2,1-6H3/b16-11-. The molecule has 0 unspecified atom stereocenters. The number of thioether (sulfide) groups is 1. The molecule has 2 rings (SSSR count). The van der Waals surface area contributed by atoms with Crippen molar-refractivity contribution in [3.63, 3.8) is 0 Å². The van der Waals surface area contributed by atoms with Gasteiger partial charge in [0.05, 0.1) is 0 Å². The molecule has 25 heavy (non-hydrogen) atoms. The lowest BCUT2D eigenvalue weighted by Crippen LogP contribution is -2.33. The first-order chi connectivity index (χ1) is 11.5. The van der Waals surface area contributed by atoms with Gasteiger partial charge in [-0.15, -0.1) is 0 Å². The Hall–Kier alpha value is -1.56. The van der Waals surface area contributed by atoms with Crippen molar-refractivity contribution in [3.8, 4) is 0 Å². The van der Waals surface area contributed by atoms with Gasteiger partial charge in [0.2, 0.25) is 5.78 Å². The van der Waals surface area contributed by atoms with E-state index in [1.807, 2.05) is 18.9 Å². The summed E-state index contributed by atoms with van der Waals surface area (Å²) in [7, 11) is 0. The van der Waals surface area contributed by atoms with Crippen molar-refractivity contribution in [2.24, 2.45) is 10.5 Å². The van der Waals surface area contributed by atoms with Gasteiger partial charge in [-0.2, -0.15) is 5.10 Å². The fourth-order valence-electron chi connectivity index (χ4n) is 2.49. The van der Waals surface area contributed by atoms with Crippen LogP contribution in [0.25, 0.3) is 0 Å². The predicted octanol–water partition coefficient (Wildman–Crippen LogP) is 4.26. The van der Waals surface area contributed by atoms with E-state index in [-0.39, 0.29) is 29.2 Å². The molecule has 0 fully saturated rings. The number of nitrogens with zero attached hydrogens (tertiary/aromatic N) is 2. The topological polar surface area (TPSA) is 59.0 Å². The second-order valence-electron chi connectivity index (χ2n) is 8.09. The fourth-order valence-corrected chi connectivity index (χ4v) is 3.54. The third-order valence-electron chi connectivity index (χ3n) is 3.81. The molecule has 0 atom stereocenters. The highest BCUT2D eigenvalue weighted by molar-refractivity contribution is 8.17. The lowest BCUT2D eigenvalue weighted by atomic mass is 9.98. The second kappa shape index (κ2) is 7.36. The largest absolute Gasteiger partial charge is 0.483 e. The molecule has 138 valence electrons. The lowest BCUT2D eigenvalue weighted by Gasteiger charge is -2.29. The molecule has 0 aliphatic carbocycles. The van der Waals surface area contributed by atoms with Crippen LogP contribution < -0.4 is 0 Å². The van der Waals surface area contributed by atoms with Crippen LogP contribution in [0.15, 0.2) is 28.0 Å². The smallest absolute Gasteiger partial charge is 0.223 e. The minimum atomic E-state index is -0.646. The van der Waals surface area contributed by atoms with Gasteiger partial charge in [0, 0.05) is 30.5 Å². The molecule has 0 aromatic rings. The van der Waals surface area contributed by atoms with E-state index >= 15 is 0 Å². The molecule has 2 heterocycles. The summed E-state index contributed by atoms with van der Waals surface area (Å²) in [5.74, 6) is -0.240.